The van der Waals surface area contributed by atoms with E-state index in [9.17, 15) is 0 Å². The molecule has 1 aliphatic heterocycles. The first kappa shape index (κ1) is 5.98. The maximum Gasteiger partial charge on any atom is 0.139 e. The van der Waals surface area contributed by atoms with E-state index < -0.39 is 0 Å². The van der Waals surface area contributed by atoms with Crippen LogP contribution in [0.2, 0.25) is 0 Å². The highest BCUT2D eigenvalue weighted by atomic mass is 16.5. The molecule has 0 bridgehead atoms. The Labute approximate surface area is 60.6 Å². The van der Waals surface area contributed by atoms with Crippen molar-refractivity contribution in [2.45, 2.75) is 18.9 Å². The third kappa shape index (κ3) is 0.948. The van der Waals surface area contributed by atoms with Crippen molar-refractivity contribution in [1.29, 1.82) is 0 Å². The van der Waals surface area contributed by atoms with E-state index in [4.69, 9.17) is 4.74 Å². The van der Waals surface area contributed by atoms with Crippen LogP contribution in [0.3, 0.4) is 0 Å². The Hall–Kier alpha value is -0.760. The molecule has 2 nitrogen and oxygen atoms in total. The summed E-state index contributed by atoms with van der Waals surface area (Å²) in [4.78, 5) is 0. The molecule has 0 aromatic rings. The van der Waals surface area contributed by atoms with Gasteiger partial charge in [-0.2, -0.15) is 0 Å². The maximum atomic E-state index is 5.13. The quantitative estimate of drug-likeness (QED) is 0.506. The summed E-state index contributed by atoms with van der Waals surface area (Å²) in [7, 11) is 0. The van der Waals surface area contributed by atoms with Crippen LogP contribution in [0.15, 0.2) is 24.0 Å². The fraction of sp³-hybridized carbons (Fsp3) is 0.500. The highest BCUT2D eigenvalue weighted by Crippen LogP contribution is 2.19. The van der Waals surface area contributed by atoms with Crippen LogP contribution < -0.4 is 5.32 Å². The van der Waals surface area contributed by atoms with Crippen molar-refractivity contribution in [2.24, 2.45) is 0 Å². The second-order valence-electron chi connectivity index (χ2n) is 2.67. The van der Waals surface area contributed by atoms with Gasteiger partial charge in [-0.25, -0.2) is 0 Å². The highest BCUT2D eigenvalue weighted by Gasteiger charge is 2.17. The van der Waals surface area contributed by atoms with E-state index in [0.29, 0.717) is 12.8 Å². The van der Waals surface area contributed by atoms with Crippen LogP contribution in [0.4, 0.5) is 0 Å². The van der Waals surface area contributed by atoms with E-state index >= 15 is 0 Å². The SMILES string of the molecule is C1=CCC2NCOC=C2C1. The molecule has 1 atom stereocenters. The molecule has 10 heavy (non-hydrogen) atoms. The van der Waals surface area contributed by atoms with Gasteiger partial charge in [0.1, 0.15) is 6.73 Å². The number of rotatable bonds is 0. The van der Waals surface area contributed by atoms with Crippen molar-refractivity contribution in [3.63, 3.8) is 0 Å². The summed E-state index contributed by atoms with van der Waals surface area (Å²) >= 11 is 0. The van der Waals surface area contributed by atoms with Gasteiger partial charge in [-0.1, -0.05) is 12.2 Å². The van der Waals surface area contributed by atoms with Crippen molar-refractivity contribution in [3.8, 4) is 0 Å². The van der Waals surface area contributed by atoms with Crippen molar-refractivity contribution in [2.75, 3.05) is 6.73 Å². The molecule has 0 spiro atoms. The van der Waals surface area contributed by atoms with Crippen LogP contribution in [-0.4, -0.2) is 12.8 Å². The molecule has 0 aromatic carbocycles. The minimum atomic E-state index is 0.554. The van der Waals surface area contributed by atoms with E-state index in [1.165, 1.54) is 5.57 Å². The molecule has 1 aliphatic carbocycles. The molecule has 0 radical (unpaired) electrons. The van der Waals surface area contributed by atoms with E-state index in [0.717, 1.165) is 12.8 Å². The molecular formula is C8H11NO. The molecule has 1 heterocycles. The van der Waals surface area contributed by atoms with Gasteiger partial charge in [0.25, 0.3) is 0 Å². The minimum absolute atomic E-state index is 0.554. The third-order valence-corrected chi connectivity index (χ3v) is 1.99. The smallest absolute Gasteiger partial charge is 0.139 e. The maximum absolute atomic E-state index is 5.13. The molecule has 2 rings (SSSR count). The predicted octanol–water partition coefficient (Wildman–Crippen LogP) is 1.17. The summed E-state index contributed by atoms with van der Waals surface area (Å²) in [6, 6.07) is 0.554. The molecule has 54 valence electrons. The lowest BCUT2D eigenvalue weighted by Gasteiger charge is -2.26. The lowest BCUT2D eigenvalue weighted by molar-refractivity contribution is 0.184. The molecule has 1 unspecified atom stereocenters. The van der Waals surface area contributed by atoms with Gasteiger partial charge >= 0.3 is 0 Å². The Kier molecular flexibility index (Phi) is 1.47. The Morgan fingerprint density at radius 3 is 3.40 bits per heavy atom. The van der Waals surface area contributed by atoms with Crippen LogP contribution in [0.25, 0.3) is 0 Å². The van der Waals surface area contributed by atoms with Gasteiger partial charge in [0, 0.05) is 6.04 Å². The van der Waals surface area contributed by atoms with Crippen molar-refractivity contribution in [3.05, 3.63) is 24.0 Å². The normalized spacial score (nSPS) is 30.4. The fourth-order valence-corrected chi connectivity index (χ4v) is 1.39. The minimum Gasteiger partial charge on any atom is -0.486 e. The van der Waals surface area contributed by atoms with Crippen LogP contribution in [-0.2, 0) is 4.74 Å². The Morgan fingerprint density at radius 2 is 2.50 bits per heavy atom. The first-order valence-electron chi connectivity index (χ1n) is 3.66. The molecule has 0 saturated carbocycles. The number of nitrogens with one attached hydrogen (secondary N) is 1. The molecule has 1 N–H and O–H groups in total. The standard InChI is InChI=1S/C8H11NO/c1-2-4-8-7(3-1)5-10-6-9-8/h1-2,5,8-9H,3-4,6H2. The van der Waals surface area contributed by atoms with Gasteiger partial charge < -0.3 is 4.74 Å². The second kappa shape index (κ2) is 2.46. The first-order chi connectivity index (χ1) is 4.97. The van der Waals surface area contributed by atoms with E-state index in [2.05, 4.69) is 17.5 Å². The summed E-state index contributed by atoms with van der Waals surface area (Å²) < 4.78 is 5.13. The Balaban J connectivity index is 2.17. The largest absolute Gasteiger partial charge is 0.486 e. The lowest BCUT2D eigenvalue weighted by Crippen LogP contribution is -2.36. The van der Waals surface area contributed by atoms with Gasteiger partial charge in [0.15, 0.2) is 0 Å². The molecule has 0 aromatic heterocycles. The number of ether oxygens (including phenoxy) is 1. The molecule has 0 saturated heterocycles. The summed E-state index contributed by atoms with van der Waals surface area (Å²) in [6.45, 7) is 0.669. The fourth-order valence-electron chi connectivity index (χ4n) is 1.39. The summed E-state index contributed by atoms with van der Waals surface area (Å²) in [5.41, 5.74) is 1.38. The van der Waals surface area contributed by atoms with Gasteiger partial charge in [-0.15, -0.1) is 0 Å². The summed E-state index contributed by atoms with van der Waals surface area (Å²) in [5.74, 6) is 0. The summed E-state index contributed by atoms with van der Waals surface area (Å²) in [6.07, 6.45) is 8.48. The van der Waals surface area contributed by atoms with Gasteiger partial charge in [-0.3, -0.25) is 5.32 Å². The number of hydrogen-bond donors (Lipinski definition) is 1. The zero-order valence-corrected chi connectivity index (χ0v) is 5.84. The summed E-state index contributed by atoms with van der Waals surface area (Å²) in [5, 5.41) is 3.28. The van der Waals surface area contributed by atoms with Gasteiger partial charge in [-0.05, 0) is 18.4 Å². The monoisotopic (exact) mass is 137 g/mol. The van der Waals surface area contributed by atoms with Crippen molar-refractivity contribution >= 4 is 0 Å². The molecule has 2 heteroatoms. The highest BCUT2D eigenvalue weighted by molar-refractivity contribution is 5.19. The molecule has 0 amide bonds. The molecule has 2 aliphatic rings. The van der Waals surface area contributed by atoms with Crippen LogP contribution >= 0.6 is 0 Å². The number of hydrogen-bond acceptors (Lipinski definition) is 2. The van der Waals surface area contributed by atoms with Gasteiger partial charge in [0.05, 0.1) is 6.26 Å². The Bertz CT molecular complexity index is 184. The molecule has 0 fully saturated rings. The lowest BCUT2D eigenvalue weighted by atomic mass is 9.96. The van der Waals surface area contributed by atoms with Crippen LogP contribution in [0.1, 0.15) is 12.8 Å². The zero-order valence-electron chi connectivity index (χ0n) is 5.84. The third-order valence-electron chi connectivity index (χ3n) is 1.99. The van der Waals surface area contributed by atoms with Gasteiger partial charge in [0.2, 0.25) is 0 Å². The topological polar surface area (TPSA) is 21.3 Å². The average molecular weight is 137 g/mol. The Morgan fingerprint density at radius 1 is 1.50 bits per heavy atom. The average Bonchev–Trinajstić information content (AvgIpc) is 2.05. The second-order valence-corrected chi connectivity index (χ2v) is 2.67. The predicted molar refractivity (Wildman–Crippen MR) is 39.3 cm³/mol. The van der Waals surface area contributed by atoms with E-state index in [1.54, 1.807) is 0 Å². The number of allylic oxidation sites excluding steroid dienone is 1. The van der Waals surface area contributed by atoms with Crippen molar-refractivity contribution < 1.29 is 4.74 Å². The van der Waals surface area contributed by atoms with Crippen molar-refractivity contribution in [1.82, 2.24) is 5.32 Å². The molecular weight excluding hydrogens is 126 g/mol. The van der Waals surface area contributed by atoms with E-state index in [-0.39, 0.29) is 0 Å². The first-order valence-corrected chi connectivity index (χ1v) is 3.66. The van der Waals surface area contributed by atoms with Crippen LogP contribution in [0.5, 0.6) is 0 Å². The number of fused-ring (bicyclic) bond motifs is 1. The van der Waals surface area contributed by atoms with E-state index in [1.807, 2.05) is 6.26 Å². The van der Waals surface area contributed by atoms with Crippen LogP contribution in [0, 0.1) is 0 Å². The zero-order chi connectivity index (χ0) is 6.81.